The van der Waals surface area contributed by atoms with Crippen molar-refractivity contribution in [1.82, 2.24) is 0 Å². The minimum absolute atomic E-state index is 0.0947. The average Bonchev–Trinajstić information content (AvgIpc) is 2.72. The van der Waals surface area contributed by atoms with Crippen LogP contribution in [0.3, 0.4) is 0 Å². The summed E-state index contributed by atoms with van der Waals surface area (Å²) in [5, 5.41) is 0. The summed E-state index contributed by atoms with van der Waals surface area (Å²) in [4.78, 5) is 13.2. The summed E-state index contributed by atoms with van der Waals surface area (Å²) in [5.41, 5.74) is 1.04. The number of methoxy groups -OCH3 is 5. The Bertz CT molecular complexity index is 860. The molecule has 27 heavy (non-hydrogen) atoms. The first-order chi connectivity index (χ1) is 13.1. The number of ketones is 1. The quantitative estimate of drug-likeness (QED) is 0.769. The van der Waals surface area contributed by atoms with Crippen molar-refractivity contribution in [1.29, 1.82) is 0 Å². The third-order valence-electron chi connectivity index (χ3n) is 4.58. The van der Waals surface area contributed by atoms with Gasteiger partial charge in [0, 0.05) is 12.1 Å². The van der Waals surface area contributed by atoms with Crippen LogP contribution in [0.1, 0.15) is 21.8 Å². The first-order valence-corrected chi connectivity index (χ1v) is 8.31. The van der Waals surface area contributed by atoms with E-state index in [4.69, 9.17) is 28.4 Å². The molecular formula is C20H22O7. The van der Waals surface area contributed by atoms with Gasteiger partial charge in [0.05, 0.1) is 52.6 Å². The molecule has 1 aliphatic rings. The molecule has 144 valence electrons. The molecule has 7 heteroatoms. The molecule has 0 N–H and O–H groups in total. The third kappa shape index (κ3) is 3.09. The van der Waals surface area contributed by atoms with Crippen LogP contribution in [0.25, 0.3) is 0 Å². The fraction of sp³-hybridized carbons (Fsp3) is 0.350. The molecule has 1 heterocycles. The van der Waals surface area contributed by atoms with Gasteiger partial charge in [-0.1, -0.05) is 0 Å². The zero-order chi connectivity index (χ0) is 19.6. The summed E-state index contributed by atoms with van der Waals surface area (Å²) in [5.74, 6) is 2.10. The second kappa shape index (κ2) is 7.65. The Kier molecular flexibility index (Phi) is 5.30. The second-order valence-electron chi connectivity index (χ2n) is 5.85. The Morgan fingerprint density at radius 2 is 1.56 bits per heavy atom. The standard InChI is InChI=1S/C20H22O7/c1-22-11-6-7-12-14(8-11)27-10-13(18(12)21)17-15(23-2)9-16(24-3)19(25-4)20(17)26-5/h6-9,13H,10H2,1-5H3/t13-/m0/s1. The predicted molar refractivity (Wildman–Crippen MR) is 98.2 cm³/mol. The van der Waals surface area contributed by atoms with E-state index in [2.05, 4.69) is 0 Å². The van der Waals surface area contributed by atoms with Gasteiger partial charge in [0.1, 0.15) is 23.9 Å². The van der Waals surface area contributed by atoms with E-state index >= 15 is 0 Å². The maximum Gasteiger partial charge on any atom is 0.203 e. The van der Waals surface area contributed by atoms with Gasteiger partial charge in [-0.25, -0.2) is 0 Å². The smallest absolute Gasteiger partial charge is 0.203 e. The fourth-order valence-electron chi connectivity index (χ4n) is 3.26. The molecule has 0 radical (unpaired) electrons. The van der Waals surface area contributed by atoms with E-state index in [1.807, 2.05) is 0 Å². The van der Waals surface area contributed by atoms with E-state index in [0.29, 0.717) is 45.6 Å². The van der Waals surface area contributed by atoms with Crippen molar-refractivity contribution in [3.05, 3.63) is 35.4 Å². The topological polar surface area (TPSA) is 72.5 Å². The van der Waals surface area contributed by atoms with E-state index in [0.717, 1.165) is 0 Å². The third-order valence-corrected chi connectivity index (χ3v) is 4.58. The van der Waals surface area contributed by atoms with E-state index in [1.165, 1.54) is 28.4 Å². The van der Waals surface area contributed by atoms with Crippen molar-refractivity contribution < 1.29 is 33.2 Å². The minimum Gasteiger partial charge on any atom is -0.497 e. The summed E-state index contributed by atoms with van der Waals surface area (Å²) >= 11 is 0. The number of benzene rings is 2. The Hall–Kier alpha value is -3.09. The van der Waals surface area contributed by atoms with Crippen LogP contribution in [0, 0.1) is 0 Å². The van der Waals surface area contributed by atoms with Gasteiger partial charge in [-0.15, -0.1) is 0 Å². The molecule has 3 rings (SSSR count). The molecule has 0 amide bonds. The molecule has 1 aliphatic heterocycles. The maximum atomic E-state index is 13.2. The highest BCUT2D eigenvalue weighted by atomic mass is 16.5. The lowest BCUT2D eigenvalue weighted by molar-refractivity contribution is 0.0891. The number of hydrogen-bond donors (Lipinski definition) is 0. The minimum atomic E-state index is -0.615. The molecule has 2 aromatic carbocycles. The fourth-order valence-corrected chi connectivity index (χ4v) is 3.26. The average molecular weight is 374 g/mol. The summed E-state index contributed by atoms with van der Waals surface area (Å²) in [6.45, 7) is 0.140. The van der Waals surface area contributed by atoms with Crippen molar-refractivity contribution in [2.45, 2.75) is 5.92 Å². The molecule has 0 fully saturated rings. The Labute approximate surface area is 157 Å². The van der Waals surface area contributed by atoms with Gasteiger partial charge in [0.25, 0.3) is 0 Å². The molecule has 0 aromatic heterocycles. The van der Waals surface area contributed by atoms with Crippen LogP contribution in [-0.4, -0.2) is 47.9 Å². The number of Topliss-reactive ketones (excluding diaryl/α,β-unsaturated/α-hetero) is 1. The summed E-state index contributed by atoms with van der Waals surface area (Å²) in [7, 11) is 7.63. The lowest BCUT2D eigenvalue weighted by Gasteiger charge is -2.28. The molecule has 0 spiro atoms. The number of hydrogen-bond acceptors (Lipinski definition) is 7. The molecule has 7 nitrogen and oxygen atoms in total. The van der Waals surface area contributed by atoms with E-state index < -0.39 is 5.92 Å². The maximum absolute atomic E-state index is 13.2. The van der Waals surface area contributed by atoms with Crippen LogP contribution in [0.15, 0.2) is 24.3 Å². The molecule has 0 saturated heterocycles. The van der Waals surface area contributed by atoms with Crippen molar-refractivity contribution in [2.75, 3.05) is 42.2 Å². The van der Waals surface area contributed by atoms with Crippen LogP contribution in [0.5, 0.6) is 34.5 Å². The first-order valence-electron chi connectivity index (χ1n) is 8.31. The summed E-state index contributed by atoms with van der Waals surface area (Å²) in [6, 6.07) is 6.80. The molecule has 0 saturated carbocycles. The van der Waals surface area contributed by atoms with Crippen LogP contribution in [0.4, 0.5) is 0 Å². The van der Waals surface area contributed by atoms with E-state index in [-0.39, 0.29) is 12.4 Å². The van der Waals surface area contributed by atoms with Crippen LogP contribution >= 0.6 is 0 Å². The van der Waals surface area contributed by atoms with Crippen LogP contribution in [-0.2, 0) is 0 Å². The van der Waals surface area contributed by atoms with Crippen LogP contribution in [0.2, 0.25) is 0 Å². The van der Waals surface area contributed by atoms with E-state index in [9.17, 15) is 4.79 Å². The monoisotopic (exact) mass is 374 g/mol. The van der Waals surface area contributed by atoms with E-state index in [1.54, 1.807) is 31.4 Å². The SMILES string of the molecule is COc1ccc2c(c1)OC[C@@H](c1c(OC)cc(OC)c(OC)c1OC)C2=O. The summed E-state index contributed by atoms with van der Waals surface area (Å²) < 4.78 is 32.9. The van der Waals surface area contributed by atoms with Gasteiger partial charge < -0.3 is 28.4 Å². The van der Waals surface area contributed by atoms with Crippen molar-refractivity contribution >= 4 is 5.78 Å². The molecular weight excluding hydrogens is 352 g/mol. The van der Waals surface area contributed by atoms with Crippen molar-refractivity contribution in [2.24, 2.45) is 0 Å². The van der Waals surface area contributed by atoms with Gasteiger partial charge in [0.2, 0.25) is 5.75 Å². The zero-order valence-electron chi connectivity index (χ0n) is 16.0. The van der Waals surface area contributed by atoms with Crippen LogP contribution < -0.4 is 28.4 Å². The van der Waals surface area contributed by atoms with Gasteiger partial charge in [-0.2, -0.15) is 0 Å². The summed E-state index contributed by atoms with van der Waals surface area (Å²) in [6.07, 6.45) is 0. The molecule has 0 unspecified atom stereocenters. The van der Waals surface area contributed by atoms with Crippen molar-refractivity contribution in [3.8, 4) is 34.5 Å². The lowest BCUT2D eigenvalue weighted by Crippen LogP contribution is -2.27. The van der Waals surface area contributed by atoms with Crippen molar-refractivity contribution in [3.63, 3.8) is 0 Å². The number of ether oxygens (including phenoxy) is 6. The molecule has 1 atom stereocenters. The highest BCUT2D eigenvalue weighted by molar-refractivity contribution is 6.05. The second-order valence-corrected chi connectivity index (χ2v) is 5.85. The number of carbonyl (C=O) groups excluding carboxylic acids is 1. The largest absolute Gasteiger partial charge is 0.497 e. The Balaban J connectivity index is 2.14. The number of carbonyl (C=O) groups is 1. The lowest BCUT2D eigenvalue weighted by atomic mass is 9.87. The number of fused-ring (bicyclic) bond motifs is 1. The van der Waals surface area contributed by atoms with Gasteiger partial charge in [-0.3, -0.25) is 4.79 Å². The van der Waals surface area contributed by atoms with Gasteiger partial charge in [0.15, 0.2) is 17.3 Å². The highest BCUT2D eigenvalue weighted by Crippen LogP contribution is 2.50. The predicted octanol–water partition coefficient (Wildman–Crippen LogP) is 3.09. The molecule has 2 aromatic rings. The first kappa shape index (κ1) is 18.7. The molecule has 0 aliphatic carbocycles. The normalized spacial score (nSPS) is 15.4. The van der Waals surface area contributed by atoms with Gasteiger partial charge >= 0.3 is 0 Å². The van der Waals surface area contributed by atoms with Gasteiger partial charge in [-0.05, 0) is 12.1 Å². The molecule has 0 bridgehead atoms. The Morgan fingerprint density at radius 3 is 2.15 bits per heavy atom. The number of rotatable bonds is 6. The zero-order valence-corrected chi connectivity index (χ0v) is 16.0. The Morgan fingerprint density at radius 1 is 0.852 bits per heavy atom. The highest BCUT2D eigenvalue weighted by Gasteiger charge is 2.36.